The second-order valence-corrected chi connectivity index (χ2v) is 6.06. The maximum atomic E-state index is 12.6. The number of benzene rings is 2. The van der Waals surface area contributed by atoms with Crippen LogP contribution in [0.4, 0.5) is 0 Å². The molecule has 126 valence electrons. The Labute approximate surface area is 146 Å². The quantitative estimate of drug-likeness (QED) is 0.658. The third-order valence-electron chi connectivity index (χ3n) is 4.75. The first-order valence-electron chi connectivity index (χ1n) is 8.34. The van der Waals surface area contributed by atoms with Crippen LogP contribution in [0.1, 0.15) is 28.5 Å². The lowest BCUT2D eigenvalue weighted by Crippen LogP contribution is -1.99. The summed E-state index contributed by atoms with van der Waals surface area (Å²) < 4.78 is 13.4. The number of rotatable bonds is 3. The third kappa shape index (κ3) is 2.33. The molecule has 0 atom stereocenters. The minimum absolute atomic E-state index is 0.0738. The molecule has 0 bridgehead atoms. The van der Waals surface area contributed by atoms with Crippen molar-refractivity contribution in [3.8, 4) is 11.5 Å². The van der Waals surface area contributed by atoms with Crippen molar-refractivity contribution >= 4 is 22.8 Å². The summed E-state index contributed by atoms with van der Waals surface area (Å²) in [4.78, 5) is 12.6. The fraction of sp³-hybridized carbons (Fsp3) is 0.190. The Morgan fingerprint density at radius 1 is 1.20 bits per heavy atom. The van der Waals surface area contributed by atoms with Crippen LogP contribution in [0, 0.1) is 6.92 Å². The van der Waals surface area contributed by atoms with Crippen LogP contribution in [0.3, 0.4) is 0 Å². The molecule has 0 aliphatic carbocycles. The highest BCUT2D eigenvalue weighted by Gasteiger charge is 2.27. The number of Topliss-reactive ketones (excluding diaryl/α,β-unsaturated/α-hetero) is 1. The van der Waals surface area contributed by atoms with E-state index in [1.54, 1.807) is 13.2 Å². The van der Waals surface area contributed by atoms with Gasteiger partial charge in [-0.1, -0.05) is 12.1 Å². The largest absolute Gasteiger partial charge is 0.497 e. The Kier molecular flexibility index (Phi) is 3.61. The Morgan fingerprint density at radius 3 is 2.72 bits per heavy atom. The predicted molar refractivity (Wildman–Crippen MR) is 98.3 cm³/mol. The Bertz CT molecular complexity index is 1030. The van der Waals surface area contributed by atoms with Crippen molar-refractivity contribution in [2.75, 3.05) is 7.11 Å². The number of carbonyl (C=O) groups excluding carboxylic acids is 1. The molecule has 2 aromatic carbocycles. The number of allylic oxidation sites excluding steroid dienone is 1. The number of hydrogen-bond acceptors (Lipinski definition) is 3. The van der Waals surface area contributed by atoms with Gasteiger partial charge in [0.1, 0.15) is 11.5 Å². The van der Waals surface area contributed by atoms with Gasteiger partial charge in [-0.15, -0.1) is 0 Å². The molecule has 1 aliphatic heterocycles. The summed E-state index contributed by atoms with van der Waals surface area (Å²) in [6, 6.07) is 13.4. The van der Waals surface area contributed by atoms with E-state index in [0.29, 0.717) is 17.1 Å². The molecule has 4 nitrogen and oxygen atoms in total. The summed E-state index contributed by atoms with van der Waals surface area (Å²) in [6.45, 7) is 5.03. The fourth-order valence-corrected chi connectivity index (χ4v) is 3.47. The molecular weight excluding hydrogens is 314 g/mol. The van der Waals surface area contributed by atoms with Gasteiger partial charge in [0.25, 0.3) is 0 Å². The van der Waals surface area contributed by atoms with Crippen LogP contribution in [0.2, 0.25) is 0 Å². The van der Waals surface area contributed by atoms with E-state index in [-0.39, 0.29) is 5.78 Å². The van der Waals surface area contributed by atoms with Gasteiger partial charge in [-0.25, -0.2) is 0 Å². The molecule has 0 saturated heterocycles. The van der Waals surface area contributed by atoms with Crippen LogP contribution < -0.4 is 9.47 Å². The minimum atomic E-state index is -0.0738. The van der Waals surface area contributed by atoms with Crippen LogP contribution >= 0.6 is 0 Å². The number of ketones is 1. The van der Waals surface area contributed by atoms with Gasteiger partial charge in [0.2, 0.25) is 5.78 Å². The molecule has 2 heterocycles. The van der Waals surface area contributed by atoms with Gasteiger partial charge in [-0.2, -0.15) is 0 Å². The second-order valence-electron chi connectivity index (χ2n) is 6.06. The summed E-state index contributed by atoms with van der Waals surface area (Å²) in [6.07, 6.45) is 1.85. The lowest BCUT2D eigenvalue weighted by molar-refractivity contribution is 0.101. The number of para-hydroxylation sites is 1. The van der Waals surface area contributed by atoms with Crippen molar-refractivity contribution in [1.82, 2.24) is 4.57 Å². The lowest BCUT2D eigenvalue weighted by Gasteiger charge is -2.04. The van der Waals surface area contributed by atoms with Crippen molar-refractivity contribution in [1.29, 1.82) is 0 Å². The van der Waals surface area contributed by atoms with Gasteiger partial charge < -0.3 is 14.0 Å². The average molecular weight is 333 g/mol. The molecule has 0 spiro atoms. The fourth-order valence-electron chi connectivity index (χ4n) is 3.47. The molecule has 25 heavy (non-hydrogen) atoms. The first-order chi connectivity index (χ1) is 12.1. The van der Waals surface area contributed by atoms with Crippen molar-refractivity contribution < 1.29 is 14.3 Å². The number of aromatic nitrogens is 1. The number of methoxy groups -OCH3 is 1. The van der Waals surface area contributed by atoms with Crippen LogP contribution in [0.15, 0.2) is 48.2 Å². The third-order valence-corrected chi connectivity index (χ3v) is 4.75. The number of hydrogen-bond donors (Lipinski definition) is 0. The number of nitrogens with zero attached hydrogens (tertiary/aromatic N) is 1. The number of aryl methyl sites for hydroxylation is 1. The molecule has 0 unspecified atom stereocenters. The predicted octanol–water partition coefficient (Wildman–Crippen LogP) is 4.59. The van der Waals surface area contributed by atoms with Crippen LogP contribution in [-0.4, -0.2) is 17.5 Å². The summed E-state index contributed by atoms with van der Waals surface area (Å²) in [5.74, 6) is 1.70. The van der Waals surface area contributed by atoms with Crippen molar-refractivity contribution in [2.24, 2.45) is 0 Å². The SMILES string of the molecule is CCn1c(C)c(C=C2Oc3ccccc3C2=O)c2cc(OC)ccc21. The first-order valence-corrected chi connectivity index (χ1v) is 8.34. The highest BCUT2D eigenvalue weighted by atomic mass is 16.5. The number of ether oxygens (including phenoxy) is 2. The van der Waals surface area contributed by atoms with E-state index in [9.17, 15) is 4.79 Å². The Balaban J connectivity index is 1.90. The van der Waals surface area contributed by atoms with Crippen LogP contribution in [0.5, 0.6) is 11.5 Å². The molecule has 3 aromatic rings. The zero-order valence-electron chi connectivity index (χ0n) is 14.5. The molecule has 0 saturated carbocycles. The maximum absolute atomic E-state index is 12.6. The summed E-state index contributed by atoms with van der Waals surface area (Å²) in [7, 11) is 1.66. The zero-order chi connectivity index (χ0) is 17.6. The maximum Gasteiger partial charge on any atom is 0.231 e. The van der Waals surface area contributed by atoms with E-state index < -0.39 is 0 Å². The van der Waals surface area contributed by atoms with Crippen LogP contribution in [-0.2, 0) is 6.54 Å². The Morgan fingerprint density at radius 2 is 2.00 bits per heavy atom. The van der Waals surface area contributed by atoms with Crippen molar-refractivity contribution in [3.05, 3.63) is 65.0 Å². The van der Waals surface area contributed by atoms with E-state index in [0.717, 1.165) is 34.5 Å². The summed E-state index contributed by atoms with van der Waals surface area (Å²) >= 11 is 0. The molecule has 0 N–H and O–H groups in total. The highest BCUT2D eigenvalue weighted by Crippen LogP contribution is 2.35. The number of carbonyl (C=O) groups is 1. The second kappa shape index (κ2) is 5.81. The Hall–Kier alpha value is -3.01. The molecule has 0 radical (unpaired) electrons. The monoisotopic (exact) mass is 333 g/mol. The van der Waals surface area contributed by atoms with Crippen molar-refractivity contribution in [3.63, 3.8) is 0 Å². The highest BCUT2D eigenvalue weighted by molar-refractivity contribution is 6.15. The average Bonchev–Trinajstić information content (AvgIpc) is 3.10. The van der Waals surface area contributed by atoms with Gasteiger partial charge >= 0.3 is 0 Å². The molecule has 1 aromatic heterocycles. The first kappa shape index (κ1) is 15.5. The molecule has 4 heteroatoms. The van der Waals surface area contributed by atoms with E-state index in [4.69, 9.17) is 9.47 Å². The molecule has 0 fully saturated rings. The standard InChI is InChI=1S/C21H19NO3/c1-4-22-13(2)16(17-11-14(24-3)9-10-18(17)22)12-20-21(23)15-7-5-6-8-19(15)25-20/h5-12H,4H2,1-3H3. The molecule has 0 amide bonds. The van der Waals surface area contributed by atoms with E-state index in [1.165, 1.54) is 0 Å². The van der Waals surface area contributed by atoms with Crippen LogP contribution in [0.25, 0.3) is 17.0 Å². The van der Waals surface area contributed by atoms with E-state index >= 15 is 0 Å². The smallest absolute Gasteiger partial charge is 0.231 e. The van der Waals surface area contributed by atoms with Gasteiger partial charge in [0, 0.05) is 28.7 Å². The lowest BCUT2D eigenvalue weighted by atomic mass is 10.1. The molecule has 4 rings (SSSR count). The topological polar surface area (TPSA) is 40.5 Å². The normalized spacial score (nSPS) is 14.8. The molecular formula is C21H19NO3. The van der Waals surface area contributed by atoms with E-state index in [1.807, 2.05) is 36.4 Å². The number of fused-ring (bicyclic) bond motifs is 2. The molecule has 1 aliphatic rings. The van der Waals surface area contributed by atoms with Gasteiger partial charge in [0.05, 0.1) is 12.7 Å². The summed E-state index contributed by atoms with van der Waals surface area (Å²) in [5, 5.41) is 1.05. The van der Waals surface area contributed by atoms with Gasteiger partial charge in [-0.3, -0.25) is 4.79 Å². The summed E-state index contributed by atoms with van der Waals surface area (Å²) in [5.41, 5.74) is 3.83. The van der Waals surface area contributed by atoms with Crippen molar-refractivity contribution in [2.45, 2.75) is 20.4 Å². The van der Waals surface area contributed by atoms with E-state index in [2.05, 4.69) is 24.5 Å². The van der Waals surface area contributed by atoms with Gasteiger partial charge in [0.15, 0.2) is 5.76 Å². The minimum Gasteiger partial charge on any atom is -0.497 e. The zero-order valence-corrected chi connectivity index (χ0v) is 14.5. The van der Waals surface area contributed by atoms with Gasteiger partial charge in [-0.05, 0) is 50.3 Å².